The first-order valence-electron chi connectivity index (χ1n) is 1.45. The highest BCUT2D eigenvalue weighted by atomic mass is 32.1. The summed E-state index contributed by atoms with van der Waals surface area (Å²) >= 11 is 3.21. The van der Waals surface area contributed by atoms with E-state index in [2.05, 4.69) is 12.6 Å². The summed E-state index contributed by atoms with van der Waals surface area (Å²) in [5.41, 5.74) is 0. The molecule has 0 fully saturated rings. The van der Waals surface area contributed by atoms with Gasteiger partial charge in [-0.3, -0.25) is 0 Å². The van der Waals surface area contributed by atoms with Crippen LogP contribution in [0, 0.1) is 0 Å². The third-order valence-corrected chi connectivity index (χ3v) is 0.413. The lowest BCUT2D eigenvalue weighted by molar-refractivity contribution is -0.0796. The number of thiol groups is 1. The summed E-state index contributed by atoms with van der Waals surface area (Å²) in [6.45, 7) is 0. The van der Waals surface area contributed by atoms with Crippen molar-refractivity contribution in [2.45, 2.75) is 6.18 Å². The molecule has 0 amide bonds. The van der Waals surface area contributed by atoms with Gasteiger partial charge in [0.25, 0.3) is 0 Å². The molecule has 0 saturated carbocycles. The number of hydrogen-bond acceptors (Lipinski definition) is 1. The van der Waals surface area contributed by atoms with Crippen molar-refractivity contribution in [1.82, 2.24) is 0 Å². The molecule has 0 aromatic rings. The zero-order valence-electron chi connectivity index (χ0n) is 3.24. The first-order chi connectivity index (χ1) is 3.06. The van der Waals surface area contributed by atoms with Gasteiger partial charge in [-0.25, -0.2) is 0 Å². The number of halogens is 3. The van der Waals surface area contributed by atoms with E-state index in [0.29, 0.717) is 5.41 Å². The third-order valence-electron chi connectivity index (χ3n) is 0.264. The van der Waals surface area contributed by atoms with Gasteiger partial charge in [0.1, 0.15) is 0 Å². The molecule has 42 valence electrons. The van der Waals surface area contributed by atoms with Crippen molar-refractivity contribution in [1.29, 1.82) is 0 Å². The molecular formula is C3H3F3S. The topological polar surface area (TPSA) is 0 Å². The fourth-order valence-electron chi connectivity index (χ4n) is 0.0845. The summed E-state index contributed by atoms with van der Waals surface area (Å²) < 4.78 is 32.8. The van der Waals surface area contributed by atoms with Gasteiger partial charge in [0.2, 0.25) is 0 Å². The van der Waals surface area contributed by atoms with Crippen LogP contribution in [0.3, 0.4) is 0 Å². The first-order valence-corrected chi connectivity index (χ1v) is 1.96. The van der Waals surface area contributed by atoms with E-state index in [1.165, 1.54) is 0 Å². The maximum Gasteiger partial charge on any atom is 0.410 e. The van der Waals surface area contributed by atoms with E-state index in [1.807, 2.05) is 0 Å². The number of rotatable bonds is 0. The van der Waals surface area contributed by atoms with E-state index < -0.39 is 6.18 Å². The summed E-state index contributed by atoms with van der Waals surface area (Å²) in [6.07, 6.45) is -4.15. The maximum atomic E-state index is 10.9. The number of allylic oxidation sites excluding steroid dienone is 1. The largest absolute Gasteiger partial charge is 0.410 e. The van der Waals surface area contributed by atoms with E-state index in [1.54, 1.807) is 0 Å². The summed E-state index contributed by atoms with van der Waals surface area (Å²) in [5.74, 6) is 0. The van der Waals surface area contributed by atoms with Crippen LogP contribution in [0.5, 0.6) is 0 Å². The molecule has 0 aromatic carbocycles. The molecular weight excluding hydrogens is 125 g/mol. The van der Waals surface area contributed by atoms with Gasteiger partial charge < -0.3 is 0 Å². The fourth-order valence-corrected chi connectivity index (χ4v) is 0.254. The Balaban J connectivity index is 3.56. The molecule has 0 aliphatic rings. The zero-order chi connectivity index (χ0) is 5.91. The van der Waals surface area contributed by atoms with Crippen LogP contribution in [0.15, 0.2) is 11.5 Å². The van der Waals surface area contributed by atoms with Crippen LogP contribution in [0.2, 0.25) is 0 Å². The molecule has 0 rings (SSSR count). The van der Waals surface area contributed by atoms with Crippen molar-refractivity contribution >= 4 is 12.6 Å². The van der Waals surface area contributed by atoms with Gasteiger partial charge in [0, 0.05) is 6.08 Å². The number of hydrogen-bond donors (Lipinski definition) is 1. The highest BCUT2D eigenvalue weighted by molar-refractivity contribution is 7.83. The first kappa shape index (κ1) is 6.88. The maximum absolute atomic E-state index is 10.9. The van der Waals surface area contributed by atoms with Crippen LogP contribution in [0.4, 0.5) is 13.2 Å². The predicted octanol–water partition coefficient (Wildman–Crippen LogP) is 1.99. The molecule has 0 atom stereocenters. The minimum absolute atomic E-state index is 0.0517. The Bertz CT molecular complexity index is 72.7. The van der Waals surface area contributed by atoms with Crippen LogP contribution >= 0.6 is 12.6 Å². The molecule has 0 heterocycles. The molecule has 0 bridgehead atoms. The van der Waals surface area contributed by atoms with Crippen molar-refractivity contribution < 1.29 is 13.2 Å². The Kier molecular flexibility index (Phi) is 2.22. The molecule has 7 heavy (non-hydrogen) atoms. The molecule has 4 heteroatoms. The summed E-state index contributed by atoms with van der Waals surface area (Å²) in [5, 5.41) is 0.653. The summed E-state index contributed by atoms with van der Waals surface area (Å²) in [6, 6.07) is 0. The van der Waals surface area contributed by atoms with Crippen molar-refractivity contribution in [3.63, 3.8) is 0 Å². The average molecular weight is 128 g/mol. The highest BCUT2D eigenvalue weighted by Gasteiger charge is 2.20. The molecule has 0 aliphatic carbocycles. The molecule has 0 spiro atoms. The van der Waals surface area contributed by atoms with Crippen LogP contribution in [0.25, 0.3) is 0 Å². The van der Waals surface area contributed by atoms with Crippen LogP contribution < -0.4 is 0 Å². The molecule has 0 unspecified atom stereocenters. The SMILES string of the molecule is FC(F)(F)/C=C/S. The van der Waals surface area contributed by atoms with E-state index in [-0.39, 0.29) is 6.08 Å². The van der Waals surface area contributed by atoms with Crippen LogP contribution in [-0.2, 0) is 0 Å². The Morgan fingerprint density at radius 2 is 1.71 bits per heavy atom. The summed E-state index contributed by atoms with van der Waals surface area (Å²) in [7, 11) is 0. The average Bonchev–Trinajstić information content (AvgIpc) is 1.30. The lowest BCUT2D eigenvalue weighted by atomic mass is 10.6. The minimum atomic E-state index is -4.21. The Morgan fingerprint density at radius 1 is 1.29 bits per heavy atom. The van der Waals surface area contributed by atoms with Gasteiger partial charge in [0.15, 0.2) is 0 Å². The standard InChI is InChI=1S/C3H3F3S/c4-3(5,6)1-2-7/h1-2,7H/b2-1+. The zero-order valence-corrected chi connectivity index (χ0v) is 4.13. The van der Waals surface area contributed by atoms with Crippen molar-refractivity contribution in [3.05, 3.63) is 11.5 Å². The lowest BCUT2D eigenvalue weighted by Crippen LogP contribution is -1.99. The van der Waals surface area contributed by atoms with E-state index in [9.17, 15) is 13.2 Å². The van der Waals surface area contributed by atoms with Gasteiger partial charge in [-0.1, -0.05) is 0 Å². The molecule has 0 nitrogen and oxygen atoms in total. The molecule has 0 saturated heterocycles. The van der Waals surface area contributed by atoms with E-state index in [4.69, 9.17) is 0 Å². The number of alkyl halides is 3. The van der Waals surface area contributed by atoms with Gasteiger partial charge >= 0.3 is 6.18 Å². The fraction of sp³-hybridized carbons (Fsp3) is 0.333. The highest BCUT2D eigenvalue weighted by Crippen LogP contribution is 2.15. The quantitative estimate of drug-likeness (QED) is 0.474. The normalized spacial score (nSPS) is 13.1. The third kappa shape index (κ3) is 5.88. The summed E-state index contributed by atoms with van der Waals surface area (Å²) in [4.78, 5) is 0. The van der Waals surface area contributed by atoms with Gasteiger partial charge in [-0.05, 0) is 5.41 Å². The molecule has 0 radical (unpaired) electrons. The van der Waals surface area contributed by atoms with Crippen molar-refractivity contribution in [2.24, 2.45) is 0 Å². The Labute approximate surface area is 44.4 Å². The monoisotopic (exact) mass is 128 g/mol. The Morgan fingerprint density at radius 3 is 1.71 bits per heavy atom. The van der Waals surface area contributed by atoms with E-state index in [0.717, 1.165) is 0 Å². The second kappa shape index (κ2) is 2.26. The minimum Gasteiger partial charge on any atom is -0.167 e. The van der Waals surface area contributed by atoms with Gasteiger partial charge in [-0.15, -0.1) is 0 Å². The second-order valence-corrected chi connectivity index (χ2v) is 1.16. The van der Waals surface area contributed by atoms with Crippen molar-refractivity contribution in [3.8, 4) is 0 Å². The van der Waals surface area contributed by atoms with Crippen molar-refractivity contribution in [2.75, 3.05) is 0 Å². The van der Waals surface area contributed by atoms with E-state index >= 15 is 0 Å². The molecule has 0 aromatic heterocycles. The van der Waals surface area contributed by atoms with Crippen LogP contribution in [-0.4, -0.2) is 6.18 Å². The lowest BCUT2D eigenvalue weighted by Gasteiger charge is -1.93. The predicted molar refractivity (Wildman–Crippen MR) is 24.2 cm³/mol. The molecule has 0 aliphatic heterocycles. The molecule has 0 N–H and O–H groups in total. The second-order valence-electron chi connectivity index (χ2n) is 0.857. The smallest absolute Gasteiger partial charge is 0.167 e. The Hall–Kier alpha value is -0.120. The van der Waals surface area contributed by atoms with Crippen LogP contribution in [0.1, 0.15) is 0 Å². The van der Waals surface area contributed by atoms with Gasteiger partial charge in [-0.2, -0.15) is 25.8 Å². The van der Waals surface area contributed by atoms with Gasteiger partial charge in [0.05, 0.1) is 0 Å².